The van der Waals surface area contributed by atoms with Gasteiger partial charge in [0, 0.05) is 27.1 Å². The summed E-state index contributed by atoms with van der Waals surface area (Å²) in [5.74, 6) is 1.13. The standard InChI is InChI=1S/C22H25N5O5/c1-24-13-23-20-19(24)21(29)27(22(30)25(20)2)12-18(28)26-8-3-5-15(26)14-6-7-16-17(11-14)32-10-4-9-31-16/h6-7,11,13,15H,3-5,8-10,12H2,1-2H3/t15-/m1/s1. The molecule has 1 fully saturated rings. The molecule has 0 N–H and O–H groups in total. The van der Waals surface area contributed by atoms with E-state index in [1.807, 2.05) is 18.2 Å². The topological polar surface area (TPSA) is 101 Å². The summed E-state index contributed by atoms with van der Waals surface area (Å²) in [5, 5.41) is 0. The first-order chi connectivity index (χ1) is 15.5. The van der Waals surface area contributed by atoms with Gasteiger partial charge in [-0.25, -0.2) is 14.3 Å². The van der Waals surface area contributed by atoms with Gasteiger partial charge in [-0.2, -0.15) is 0 Å². The zero-order valence-electron chi connectivity index (χ0n) is 18.1. The van der Waals surface area contributed by atoms with Gasteiger partial charge in [-0.3, -0.25) is 14.2 Å². The summed E-state index contributed by atoms with van der Waals surface area (Å²) in [7, 11) is 3.24. The number of aryl methyl sites for hydroxylation is 2. The van der Waals surface area contributed by atoms with E-state index in [9.17, 15) is 14.4 Å². The summed E-state index contributed by atoms with van der Waals surface area (Å²) >= 11 is 0. The van der Waals surface area contributed by atoms with Gasteiger partial charge in [-0.1, -0.05) is 6.07 Å². The lowest BCUT2D eigenvalue weighted by molar-refractivity contribution is -0.132. The van der Waals surface area contributed by atoms with Gasteiger partial charge in [0.15, 0.2) is 22.7 Å². The largest absolute Gasteiger partial charge is 0.490 e. The average Bonchev–Trinajstić information content (AvgIpc) is 3.36. The lowest BCUT2D eigenvalue weighted by atomic mass is 10.0. The number of fused-ring (bicyclic) bond motifs is 2. The van der Waals surface area contributed by atoms with Gasteiger partial charge >= 0.3 is 5.69 Å². The quantitative estimate of drug-likeness (QED) is 0.603. The highest BCUT2D eigenvalue weighted by Gasteiger charge is 2.31. The van der Waals surface area contributed by atoms with Gasteiger partial charge < -0.3 is 18.9 Å². The molecule has 0 radical (unpaired) electrons. The first-order valence-electron chi connectivity index (χ1n) is 10.8. The third-order valence-corrected chi connectivity index (χ3v) is 6.22. The number of nitrogens with zero attached hydrogens (tertiary/aromatic N) is 5. The Labute approximate surface area is 183 Å². The fourth-order valence-corrected chi connectivity index (χ4v) is 4.56. The minimum absolute atomic E-state index is 0.139. The molecule has 0 saturated carbocycles. The van der Waals surface area contributed by atoms with E-state index in [-0.39, 0.29) is 18.5 Å². The van der Waals surface area contributed by atoms with Gasteiger partial charge in [-0.15, -0.1) is 0 Å². The normalized spacial score (nSPS) is 18.2. The van der Waals surface area contributed by atoms with Crippen molar-refractivity contribution in [2.75, 3.05) is 19.8 Å². The molecule has 1 amide bonds. The van der Waals surface area contributed by atoms with E-state index in [2.05, 4.69) is 4.98 Å². The Bertz CT molecular complexity index is 1320. The number of hydrogen-bond acceptors (Lipinski definition) is 6. The maximum atomic E-state index is 13.3. The van der Waals surface area contributed by atoms with E-state index < -0.39 is 11.2 Å². The predicted octanol–water partition coefficient (Wildman–Crippen LogP) is 0.959. The predicted molar refractivity (Wildman–Crippen MR) is 116 cm³/mol. The smallest absolute Gasteiger partial charge is 0.332 e. The van der Waals surface area contributed by atoms with Crippen molar-refractivity contribution < 1.29 is 14.3 Å². The number of rotatable bonds is 3. The van der Waals surface area contributed by atoms with E-state index in [0.717, 1.165) is 29.4 Å². The SMILES string of the molecule is Cn1cnc2c1c(=O)n(CC(=O)N1CCC[C@@H]1c1ccc3c(c1)OCCCO3)c(=O)n2C. The minimum Gasteiger partial charge on any atom is -0.490 e. The second-order valence-electron chi connectivity index (χ2n) is 8.26. The van der Waals surface area contributed by atoms with Crippen LogP contribution in [0.5, 0.6) is 11.5 Å². The molecule has 1 aromatic carbocycles. The van der Waals surface area contributed by atoms with Crippen LogP contribution in [0.2, 0.25) is 0 Å². The van der Waals surface area contributed by atoms with E-state index in [4.69, 9.17) is 9.47 Å². The Morgan fingerprint density at radius 2 is 1.91 bits per heavy atom. The summed E-state index contributed by atoms with van der Waals surface area (Å²) in [5.41, 5.74) is 0.490. The second kappa shape index (κ2) is 7.85. The summed E-state index contributed by atoms with van der Waals surface area (Å²) in [6.45, 7) is 1.46. The maximum Gasteiger partial charge on any atom is 0.332 e. The number of ether oxygens (including phenoxy) is 2. The van der Waals surface area contributed by atoms with Crippen molar-refractivity contribution in [2.24, 2.45) is 14.1 Å². The molecule has 10 heteroatoms. The fraction of sp³-hybridized carbons (Fsp3) is 0.455. The third kappa shape index (κ3) is 3.26. The van der Waals surface area contributed by atoms with Crippen molar-refractivity contribution in [1.82, 2.24) is 23.6 Å². The van der Waals surface area contributed by atoms with E-state index in [1.54, 1.807) is 23.6 Å². The Hall–Kier alpha value is -3.56. The van der Waals surface area contributed by atoms with Crippen LogP contribution in [0.1, 0.15) is 30.9 Å². The molecule has 2 aliphatic heterocycles. The van der Waals surface area contributed by atoms with Gasteiger partial charge in [0.1, 0.15) is 6.54 Å². The van der Waals surface area contributed by atoms with Crippen LogP contribution >= 0.6 is 0 Å². The molecule has 10 nitrogen and oxygen atoms in total. The van der Waals surface area contributed by atoms with E-state index >= 15 is 0 Å². The van der Waals surface area contributed by atoms with Crippen LogP contribution < -0.4 is 20.7 Å². The van der Waals surface area contributed by atoms with Crippen LogP contribution in [0.15, 0.2) is 34.1 Å². The fourth-order valence-electron chi connectivity index (χ4n) is 4.56. The Kier molecular flexibility index (Phi) is 4.99. The molecule has 0 spiro atoms. The molecule has 0 unspecified atom stereocenters. The van der Waals surface area contributed by atoms with Gasteiger partial charge in [0.25, 0.3) is 5.56 Å². The second-order valence-corrected chi connectivity index (χ2v) is 8.26. The lowest BCUT2D eigenvalue weighted by Crippen LogP contribution is -2.44. The summed E-state index contributed by atoms with van der Waals surface area (Å²) in [4.78, 5) is 44.9. The molecule has 2 aliphatic rings. The van der Waals surface area contributed by atoms with Gasteiger partial charge in [-0.05, 0) is 30.5 Å². The van der Waals surface area contributed by atoms with Crippen LogP contribution in [-0.2, 0) is 25.4 Å². The molecule has 168 valence electrons. The Morgan fingerprint density at radius 3 is 2.72 bits per heavy atom. The van der Waals surface area contributed by atoms with Crippen molar-refractivity contribution in [3.05, 3.63) is 50.9 Å². The molecular weight excluding hydrogens is 414 g/mol. The molecule has 5 rings (SSSR count). The van der Waals surface area contributed by atoms with Crippen LogP contribution in [0.25, 0.3) is 11.2 Å². The number of benzene rings is 1. The third-order valence-electron chi connectivity index (χ3n) is 6.22. The van der Waals surface area contributed by atoms with Crippen LogP contribution in [0.3, 0.4) is 0 Å². The molecule has 4 heterocycles. The van der Waals surface area contributed by atoms with Crippen LogP contribution in [0.4, 0.5) is 0 Å². The molecular formula is C22H25N5O5. The first-order valence-corrected chi connectivity index (χ1v) is 10.8. The summed E-state index contributed by atoms with van der Waals surface area (Å²) in [6, 6.07) is 5.63. The number of hydrogen-bond donors (Lipinski definition) is 0. The van der Waals surface area contributed by atoms with Crippen molar-refractivity contribution in [2.45, 2.75) is 31.8 Å². The average molecular weight is 439 g/mol. The summed E-state index contributed by atoms with van der Waals surface area (Å²) in [6.07, 6.45) is 3.96. The van der Waals surface area contributed by atoms with E-state index in [1.165, 1.54) is 10.9 Å². The van der Waals surface area contributed by atoms with E-state index in [0.29, 0.717) is 42.4 Å². The van der Waals surface area contributed by atoms with Gasteiger partial charge in [0.2, 0.25) is 5.91 Å². The number of likely N-dealkylation sites (tertiary alicyclic amines) is 1. The van der Waals surface area contributed by atoms with Crippen molar-refractivity contribution in [3.8, 4) is 11.5 Å². The molecule has 2 aromatic heterocycles. The van der Waals surface area contributed by atoms with Crippen LogP contribution in [0, 0.1) is 0 Å². The molecule has 3 aromatic rings. The summed E-state index contributed by atoms with van der Waals surface area (Å²) < 4.78 is 15.4. The van der Waals surface area contributed by atoms with Crippen molar-refractivity contribution >= 4 is 17.1 Å². The number of aromatic nitrogens is 4. The number of imidazole rings is 1. The highest BCUT2D eigenvalue weighted by atomic mass is 16.5. The number of amides is 1. The maximum absolute atomic E-state index is 13.3. The zero-order valence-corrected chi connectivity index (χ0v) is 18.1. The highest BCUT2D eigenvalue weighted by Crippen LogP contribution is 2.38. The Morgan fingerprint density at radius 1 is 1.12 bits per heavy atom. The number of carbonyl (C=O) groups is 1. The van der Waals surface area contributed by atoms with Gasteiger partial charge in [0.05, 0.1) is 25.6 Å². The van der Waals surface area contributed by atoms with Crippen LogP contribution in [-0.4, -0.2) is 49.3 Å². The lowest BCUT2D eigenvalue weighted by Gasteiger charge is -2.26. The zero-order chi connectivity index (χ0) is 22.4. The highest BCUT2D eigenvalue weighted by molar-refractivity contribution is 5.77. The minimum atomic E-state index is -0.555. The van der Waals surface area contributed by atoms with Crippen molar-refractivity contribution in [3.63, 3.8) is 0 Å². The molecule has 1 atom stereocenters. The first kappa shape index (κ1) is 20.3. The molecule has 0 bridgehead atoms. The number of carbonyl (C=O) groups excluding carboxylic acids is 1. The monoisotopic (exact) mass is 439 g/mol. The van der Waals surface area contributed by atoms with Crippen molar-refractivity contribution in [1.29, 1.82) is 0 Å². The molecule has 0 aliphatic carbocycles. The molecule has 32 heavy (non-hydrogen) atoms. The molecule has 1 saturated heterocycles. The Balaban J connectivity index is 1.45.